The number of guanidine groups is 1. The standard InChI is InChI=1S/C36H44ClN5O9/c1-35(2,3)50-33(46)41-32(42-34(47)51-36(4,5)6)38-18-19-9-12-24(22(13-19)16-27(44)48-7)39-26(43)15-21-11-10-20-14-23(37)17-25-28(20)29(21)30(40-25)31(45)49-8/h9,12-14,17,21,40H,10-11,15-16,18H2,1-8H3,(H,39,43)(H2,38,41,42,46,47). The minimum absolute atomic E-state index is 0.0470. The molecular weight excluding hydrogens is 682 g/mol. The highest BCUT2D eigenvalue weighted by Gasteiger charge is 2.32. The number of nitrogens with one attached hydrogen (secondary N) is 4. The Kier molecular flexibility index (Phi) is 12.0. The highest BCUT2D eigenvalue weighted by molar-refractivity contribution is 6.31. The Hall–Kier alpha value is -5.11. The predicted molar refractivity (Wildman–Crippen MR) is 191 cm³/mol. The Morgan fingerprint density at radius 2 is 1.57 bits per heavy atom. The van der Waals surface area contributed by atoms with Crippen molar-refractivity contribution in [3.63, 3.8) is 0 Å². The molecule has 2 aromatic carbocycles. The minimum atomic E-state index is -0.842. The van der Waals surface area contributed by atoms with Gasteiger partial charge >= 0.3 is 24.1 Å². The van der Waals surface area contributed by atoms with Gasteiger partial charge in [0.2, 0.25) is 11.9 Å². The molecule has 1 aromatic heterocycles. The van der Waals surface area contributed by atoms with Gasteiger partial charge in [0.1, 0.15) is 16.9 Å². The molecule has 4 N–H and O–H groups in total. The van der Waals surface area contributed by atoms with Crippen LogP contribution >= 0.6 is 11.6 Å². The van der Waals surface area contributed by atoms with E-state index in [-0.39, 0.29) is 42.9 Å². The molecule has 3 aromatic rings. The van der Waals surface area contributed by atoms with E-state index < -0.39 is 35.3 Å². The number of aryl methyl sites for hydroxylation is 1. The number of amides is 3. The largest absolute Gasteiger partial charge is 0.469 e. The number of benzene rings is 2. The second-order valence-electron chi connectivity index (χ2n) is 14.0. The van der Waals surface area contributed by atoms with Crippen LogP contribution in [0.3, 0.4) is 0 Å². The monoisotopic (exact) mass is 725 g/mol. The highest BCUT2D eigenvalue weighted by Crippen LogP contribution is 2.42. The zero-order valence-electron chi connectivity index (χ0n) is 30.0. The van der Waals surface area contributed by atoms with Gasteiger partial charge in [0.15, 0.2) is 0 Å². The molecule has 14 nitrogen and oxygen atoms in total. The van der Waals surface area contributed by atoms with E-state index in [1.807, 2.05) is 6.07 Å². The van der Waals surface area contributed by atoms with Gasteiger partial charge in [0.25, 0.3) is 0 Å². The summed E-state index contributed by atoms with van der Waals surface area (Å²) in [7, 11) is 2.56. The van der Waals surface area contributed by atoms with E-state index in [4.69, 9.17) is 30.5 Å². The fourth-order valence-electron chi connectivity index (χ4n) is 5.70. The first-order valence-electron chi connectivity index (χ1n) is 16.3. The summed E-state index contributed by atoms with van der Waals surface area (Å²) in [5, 5.41) is 9.18. The van der Waals surface area contributed by atoms with Crippen molar-refractivity contribution in [2.75, 3.05) is 19.5 Å². The third kappa shape index (κ3) is 10.7. The Balaban J connectivity index is 1.57. The molecule has 0 spiro atoms. The van der Waals surface area contributed by atoms with Gasteiger partial charge in [-0.15, -0.1) is 0 Å². The van der Waals surface area contributed by atoms with Gasteiger partial charge < -0.3 is 29.2 Å². The van der Waals surface area contributed by atoms with Crippen molar-refractivity contribution in [3.8, 4) is 0 Å². The molecule has 1 heterocycles. The number of anilines is 1. The van der Waals surface area contributed by atoms with Gasteiger partial charge in [-0.1, -0.05) is 23.7 Å². The van der Waals surface area contributed by atoms with E-state index in [9.17, 15) is 24.0 Å². The maximum Gasteiger partial charge on any atom is 0.414 e. The van der Waals surface area contributed by atoms with Crippen molar-refractivity contribution in [1.29, 1.82) is 0 Å². The number of esters is 2. The molecule has 0 bridgehead atoms. The molecule has 51 heavy (non-hydrogen) atoms. The number of aromatic nitrogens is 1. The molecule has 0 saturated carbocycles. The molecule has 0 saturated heterocycles. The molecule has 1 atom stereocenters. The Labute approximate surface area is 301 Å². The number of halogens is 1. The fraction of sp³-hybridized carbons (Fsp3) is 0.444. The third-order valence-electron chi connectivity index (χ3n) is 7.64. The van der Waals surface area contributed by atoms with Gasteiger partial charge in [-0.25, -0.2) is 19.4 Å². The number of hydrogen-bond donors (Lipinski definition) is 4. The molecule has 15 heteroatoms. The van der Waals surface area contributed by atoms with Crippen LogP contribution in [0.4, 0.5) is 15.3 Å². The number of ether oxygens (including phenoxy) is 4. The van der Waals surface area contributed by atoms with Crippen LogP contribution in [0.1, 0.15) is 93.0 Å². The van der Waals surface area contributed by atoms with Crippen LogP contribution in [-0.2, 0) is 47.9 Å². The number of hydrogen-bond acceptors (Lipinski definition) is 10. The van der Waals surface area contributed by atoms with Gasteiger partial charge in [0, 0.05) is 28.0 Å². The molecule has 0 aliphatic heterocycles. The number of carbonyl (C=O) groups excluding carboxylic acids is 5. The summed E-state index contributed by atoms with van der Waals surface area (Å²) in [5.74, 6) is -1.92. The van der Waals surface area contributed by atoms with Crippen LogP contribution < -0.4 is 16.0 Å². The molecule has 0 radical (unpaired) electrons. The van der Waals surface area contributed by atoms with E-state index in [0.29, 0.717) is 45.8 Å². The second kappa shape index (κ2) is 15.8. The molecular formula is C36H44ClN5O9. The average Bonchev–Trinajstić information content (AvgIpc) is 3.40. The number of alkyl carbamates (subject to hydrolysis) is 2. The Morgan fingerprint density at radius 1 is 0.922 bits per heavy atom. The summed E-state index contributed by atoms with van der Waals surface area (Å²) in [5.41, 5.74) is 2.48. The Bertz CT molecular complexity index is 1840. The first-order valence-corrected chi connectivity index (χ1v) is 16.7. The fourth-order valence-corrected chi connectivity index (χ4v) is 5.94. The highest BCUT2D eigenvalue weighted by atomic mass is 35.5. The number of aliphatic imine (C=N–C) groups is 1. The Morgan fingerprint density at radius 3 is 2.16 bits per heavy atom. The van der Waals surface area contributed by atoms with Crippen LogP contribution in [0.2, 0.25) is 5.02 Å². The first-order chi connectivity index (χ1) is 23.8. The molecule has 1 unspecified atom stereocenters. The second-order valence-corrected chi connectivity index (χ2v) is 14.5. The zero-order chi connectivity index (χ0) is 37.7. The summed E-state index contributed by atoms with van der Waals surface area (Å²) >= 11 is 6.32. The number of H-pyrrole nitrogens is 1. The summed E-state index contributed by atoms with van der Waals surface area (Å²) in [6, 6.07) is 8.60. The smallest absolute Gasteiger partial charge is 0.414 e. The lowest BCUT2D eigenvalue weighted by Crippen LogP contribution is -2.47. The van der Waals surface area contributed by atoms with Crippen LogP contribution in [-0.4, -0.2) is 66.4 Å². The van der Waals surface area contributed by atoms with Crippen molar-refractivity contribution in [2.45, 2.75) is 90.9 Å². The number of rotatable bonds is 8. The molecule has 3 amide bonds. The quantitative estimate of drug-likeness (QED) is 0.0896. The third-order valence-corrected chi connectivity index (χ3v) is 7.86. The van der Waals surface area contributed by atoms with E-state index in [2.05, 4.69) is 25.9 Å². The molecule has 1 aliphatic carbocycles. The first kappa shape index (κ1) is 38.7. The summed E-state index contributed by atoms with van der Waals surface area (Å²) in [4.78, 5) is 71.1. The zero-order valence-corrected chi connectivity index (χ0v) is 30.8. The van der Waals surface area contributed by atoms with Crippen LogP contribution in [0.25, 0.3) is 10.9 Å². The van der Waals surface area contributed by atoms with Gasteiger partial charge in [0.05, 0.1) is 27.2 Å². The number of aromatic amines is 1. The van der Waals surface area contributed by atoms with Gasteiger partial charge in [-0.2, -0.15) is 0 Å². The summed E-state index contributed by atoms with van der Waals surface area (Å²) < 4.78 is 20.5. The van der Waals surface area contributed by atoms with Crippen molar-refractivity contribution in [1.82, 2.24) is 15.6 Å². The summed E-state index contributed by atoms with van der Waals surface area (Å²) in [6.07, 6.45) is -0.529. The molecule has 1 aliphatic rings. The van der Waals surface area contributed by atoms with E-state index in [1.165, 1.54) is 14.2 Å². The van der Waals surface area contributed by atoms with Gasteiger partial charge in [-0.3, -0.25) is 20.2 Å². The lowest BCUT2D eigenvalue weighted by Gasteiger charge is -2.24. The SMILES string of the molecule is COC(=O)Cc1cc(CN=C(NC(=O)OC(C)(C)C)NC(=O)OC(C)(C)C)ccc1NC(=O)CC1CCc2cc(Cl)cc3[nH]c(C(=O)OC)c1c23. The number of methoxy groups -OCH3 is 2. The number of carbonyl (C=O) groups is 5. The lowest BCUT2D eigenvalue weighted by molar-refractivity contribution is -0.139. The topological polar surface area (TPSA) is 187 Å². The van der Waals surface area contributed by atoms with E-state index in [1.54, 1.807) is 65.8 Å². The molecule has 274 valence electrons. The van der Waals surface area contributed by atoms with Crippen molar-refractivity contribution >= 4 is 64.2 Å². The maximum atomic E-state index is 13.5. The van der Waals surface area contributed by atoms with Gasteiger partial charge in [-0.05, 0) is 101 Å². The van der Waals surface area contributed by atoms with E-state index >= 15 is 0 Å². The van der Waals surface area contributed by atoms with Crippen LogP contribution in [0, 0.1) is 0 Å². The van der Waals surface area contributed by atoms with Crippen LogP contribution in [0.5, 0.6) is 0 Å². The predicted octanol–water partition coefficient (Wildman–Crippen LogP) is 6.29. The molecule has 0 fully saturated rings. The molecule has 4 rings (SSSR count). The minimum Gasteiger partial charge on any atom is -0.469 e. The normalized spacial score (nSPS) is 13.9. The van der Waals surface area contributed by atoms with E-state index in [0.717, 1.165) is 10.9 Å². The van der Waals surface area contributed by atoms with Crippen molar-refractivity contribution < 1.29 is 42.9 Å². The average molecular weight is 726 g/mol. The van der Waals surface area contributed by atoms with Crippen molar-refractivity contribution in [3.05, 3.63) is 63.3 Å². The summed E-state index contributed by atoms with van der Waals surface area (Å²) in [6.45, 7) is 10.1. The lowest BCUT2D eigenvalue weighted by atomic mass is 9.81. The van der Waals surface area contributed by atoms with Crippen molar-refractivity contribution in [2.24, 2.45) is 4.99 Å². The van der Waals surface area contributed by atoms with Crippen LogP contribution in [0.15, 0.2) is 35.3 Å². The maximum absolute atomic E-state index is 13.5. The number of nitrogens with zero attached hydrogens (tertiary/aromatic N) is 1.